The molecule has 7 N–H and O–H groups in total. The van der Waals surface area contributed by atoms with Crippen LogP contribution in [0.25, 0.3) is 0 Å². The SMILES string of the molecule is COc1ccc2c(c1O)C13CCN(C)C(C2)[C@@H]1CC=C(OC(=O)N1CCC(C(=O)O)CC1CNC(=O)C(CCCCN)NC(=O)CNC(C)=O)C3. The van der Waals surface area contributed by atoms with Crippen molar-refractivity contribution in [3.63, 3.8) is 0 Å². The third-order valence-electron chi connectivity index (χ3n) is 11.2. The normalized spacial score (nSPS) is 26.0. The van der Waals surface area contributed by atoms with Crippen molar-refractivity contribution in [1.82, 2.24) is 25.8 Å². The number of nitrogens with one attached hydrogen (secondary N) is 3. The summed E-state index contributed by atoms with van der Waals surface area (Å²) in [6.07, 6.45) is 5.84. The predicted molar refractivity (Wildman–Crippen MR) is 186 cm³/mol. The van der Waals surface area contributed by atoms with E-state index in [0.717, 1.165) is 30.5 Å². The summed E-state index contributed by atoms with van der Waals surface area (Å²) in [4.78, 5) is 66.8. The van der Waals surface area contributed by atoms with Gasteiger partial charge in [0.05, 0.1) is 25.6 Å². The molecule has 0 radical (unpaired) electrons. The molecule has 1 aromatic carbocycles. The summed E-state index contributed by atoms with van der Waals surface area (Å²) in [6.45, 7) is 2.32. The number of fused-ring (bicyclic) bond motifs is 1. The number of hydrogen-bond donors (Lipinski definition) is 6. The van der Waals surface area contributed by atoms with Gasteiger partial charge in [-0.15, -0.1) is 0 Å². The molecule has 5 unspecified atom stereocenters. The van der Waals surface area contributed by atoms with E-state index in [2.05, 4.69) is 27.9 Å². The fraction of sp³-hybridized carbons (Fsp3) is 0.639. The molecule has 1 aromatic rings. The second kappa shape index (κ2) is 16.3. The molecule has 2 aliphatic carbocycles. The van der Waals surface area contributed by atoms with E-state index < -0.39 is 47.3 Å². The number of nitrogens with two attached hydrogens (primary N) is 1. The molecule has 4 amide bonds. The van der Waals surface area contributed by atoms with Crippen LogP contribution in [0, 0.1) is 11.8 Å². The lowest BCUT2D eigenvalue weighted by atomic mass is 9.53. The largest absolute Gasteiger partial charge is 0.504 e. The fourth-order valence-electron chi connectivity index (χ4n) is 8.58. The smallest absolute Gasteiger partial charge is 0.415 e. The number of methoxy groups -OCH3 is 1. The number of rotatable bonds is 13. The zero-order valence-electron chi connectivity index (χ0n) is 29.7. The zero-order chi connectivity index (χ0) is 36.9. The van der Waals surface area contributed by atoms with Gasteiger partial charge in [-0.2, -0.15) is 0 Å². The van der Waals surface area contributed by atoms with E-state index in [1.54, 1.807) is 6.07 Å². The zero-order valence-corrected chi connectivity index (χ0v) is 29.7. The minimum Gasteiger partial charge on any atom is -0.504 e. The van der Waals surface area contributed by atoms with Crippen molar-refractivity contribution in [3.8, 4) is 11.5 Å². The number of carbonyl (C=O) groups excluding carboxylic acids is 4. The number of carbonyl (C=O) groups is 5. The number of unbranched alkanes of at least 4 members (excludes halogenated alkanes) is 1. The van der Waals surface area contributed by atoms with E-state index in [4.69, 9.17) is 15.2 Å². The third kappa shape index (κ3) is 8.25. The van der Waals surface area contributed by atoms with Crippen LogP contribution in [-0.2, 0) is 35.8 Å². The first-order chi connectivity index (χ1) is 24.4. The first-order valence-electron chi connectivity index (χ1n) is 17.9. The van der Waals surface area contributed by atoms with E-state index in [1.807, 2.05) is 12.1 Å². The van der Waals surface area contributed by atoms with Crippen LogP contribution in [0.4, 0.5) is 4.79 Å². The standard InChI is InChI=1S/C36H52N6O9/c1-21(43)38-20-30(44)40-27(6-4-5-13-37)33(46)39-19-24-16-23(34(47)48)11-14-42(24)35(49)51-25-8-9-26-28-17-22-7-10-29(50-3)32(45)31(22)36(26,18-25)12-15-41(28)2/h7-8,10,23-24,26-28,45H,4-6,9,11-20,37H2,1-3H3,(H,38,43)(H,39,46)(H,40,44)(H,47,48)/t23?,24?,26-,27?,28?,36?/m0/s1. The Morgan fingerprint density at radius 3 is 2.63 bits per heavy atom. The van der Waals surface area contributed by atoms with Crippen LogP contribution in [0.2, 0.25) is 0 Å². The number of piperidine rings is 2. The molecule has 6 atom stereocenters. The molecular weight excluding hydrogens is 660 g/mol. The Balaban J connectivity index is 1.31. The number of hydrogen-bond acceptors (Lipinski definition) is 10. The summed E-state index contributed by atoms with van der Waals surface area (Å²) in [7, 11) is 3.66. The van der Waals surface area contributed by atoms with Crippen molar-refractivity contribution in [2.75, 3.05) is 46.9 Å². The highest BCUT2D eigenvalue weighted by molar-refractivity contribution is 5.89. The van der Waals surface area contributed by atoms with Gasteiger partial charge in [0, 0.05) is 43.5 Å². The Morgan fingerprint density at radius 2 is 1.92 bits per heavy atom. The molecule has 15 heteroatoms. The lowest BCUT2D eigenvalue weighted by Gasteiger charge is -2.57. The van der Waals surface area contributed by atoms with Gasteiger partial charge in [-0.3, -0.25) is 19.2 Å². The van der Waals surface area contributed by atoms with Gasteiger partial charge in [-0.25, -0.2) is 4.79 Å². The Morgan fingerprint density at radius 1 is 1.14 bits per heavy atom. The number of phenolic OH excluding ortho intramolecular Hbond substituents is 1. The highest BCUT2D eigenvalue weighted by Crippen LogP contribution is 2.59. The molecule has 2 fully saturated rings. The van der Waals surface area contributed by atoms with E-state index in [9.17, 15) is 34.2 Å². The van der Waals surface area contributed by atoms with Crippen LogP contribution >= 0.6 is 0 Å². The van der Waals surface area contributed by atoms with Crippen molar-refractivity contribution in [2.24, 2.45) is 17.6 Å². The van der Waals surface area contributed by atoms with Crippen LogP contribution in [-0.4, -0.2) is 115 Å². The number of nitrogens with zero attached hydrogens (tertiary/aromatic N) is 2. The number of phenols is 1. The Labute approximate surface area is 298 Å². The predicted octanol–water partition coefficient (Wildman–Crippen LogP) is 1.36. The molecule has 4 aliphatic rings. The van der Waals surface area contributed by atoms with E-state index >= 15 is 0 Å². The van der Waals surface area contributed by atoms with Gasteiger partial charge < -0.3 is 51.2 Å². The van der Waals surface area contributed by atoms with Crippen LogP contribution in [0.3, 0.4) is 0 Å². The van der Waals surface area contributed by atoms with Gasteiger partial charge in [0.15, 0.2) is 11.5 Å². The van der Waals surface area contributed by atoms with Gasteiger partial charge in [0.1, 0.15) is 11.8 Å². The molecule has 2 aliphatic heterocycles. The van der Waals surface area contributed by atoms with Crippen molar-refractivity contribution in [3.05, 3.63) is 35.1 Å². The number of ether oxygens (including phenoxy) is 2. The topological polar surface area (TPSA) is 213 Å². The van der Waals surface area contributed by atoms with Crippen molar-refractivity contribution in [2.45, 2.75) is 88.3 Å². The van der Waals surface area contributed by atoms with Crippen LogP contribution < -0.4 is 26.4 Å². The number of allylic oxidation sites excluding steroid dienone is 2. The molecule has 0 saturated carbocycles. The molecule has 2 saturated heterocycles. The fourth-order valence-corrected chi connectivity index (χ4v) is 8.58. The number of aliphatic carboxylic acids is 1. The van der Waals surface area contributed by atoms with Gasteiger partial charge in [-0.1, -0.05) is 6.07 Å². The molecule has 2 heterocycles. The number of amides is 4. The number of carboxylic acid groups (broad SMARTS) is 1. The van der Waals surface area contributed by atoms with Crippen LogP contribution in [0.1, 0.15) is 69.4 Å². The molecule has 51 heavy (non-hydrogen) atoms. The third-order valence-corrected chi connectivity index (χ3v) is 11.2. The van der Waals surface area contributed by atoms with Crippen molar-refractivity contribution >= 4 is 29.8 Å². The Hall–Kier alpha value is -4.37. The number of aromatic hydroxyl groups is 1. The molecule has 15 nitrogen and oxygen atoms in total. The summed E-state index contributed by atoms with van der Waals surface area (Å²) >= 11 is 0. The molecule has 0 aromatic heterocycles. The molecule has 5 rings (SSSR count). The van der Waals surface area contributed by atoms with Gasteiger partial charge >= 0.3 is 12.1 Å². The van der Waals surface area contributed by atoms with Gasteiger partial charge in [-0.05, 0) is 95.1 Å². The summed E-state index contributed by atoms with van der Waals surface area (Å²) in [6, 6.07) is 2.49. The lowest BCUT2D eigenvalue weighted by Crippen LogP contribution is -2.60. The molecule has 280 valence electrons. The number of carboxylic acids is 1. The summed E-state index contributed by atoms with van der Waals surface area (Å²) in [5, 5.41) is 29.1. The summed E-state index contributed by atoms with van der Waals surface area (Å²) in [5.74, 6) is -1.85. The first-order valence-corrected chi connectivity index (χ1v) is 17.9. The maximum Gasteiger partial charge on any atom is 0.415 e. The second-order valence-electron chi connectivity index (χ2n) is 14.3. The maximum absolute atomic E-state index is 13.9. The molecule has 0 spiro atoms. The minimum absolute atomic E-state index is 0.0488. The van der Waals surface area contributed by atoms with E-state index in [0.29, 0.717) is 50.2 Å². The Kier molecular flexibility index (Phi) is 12.1. The van der Waals surface area contributed by atoms with Crippen molar-refractivity contribution in [1.29, 1.82) is 0 Å². The maximum atomic E-state index is 13.9. The number of likely N-dealkylation sites (N-methyl/N-ethyl adjacent to an activating group) is 1. The summed E-state index contributed by atoms with van der Waals surface area (Å²) in [5.41, 5.74) is 7.10. The number of likely N-dealkylation sites (tertiary alicyclic amines) is 2. The lowest BCUT2D eigenvalue weighted by molar-refractivity contribution is -0.144. The van der Waals surface area contributed by atoms with Gasteiger partial charge in [0.25, 0.3) is 0 Å². The monoisotopic (exact) mass is 712 g/mol. The van der Waals surface area contributed by atoms with Gasteiger partial charge in [0.2, 0.25) is 17.7 Å². The van der Waals surface area contributed by atoms with E-state index in [1.165, 1.54) is 18.9 Å². The minimum atomic E-state index is -0.979. The van der Waals surface area contributed by atoms with E-state index in [-0.39, 0.29) is 56.1 Å². The molecule has 2 bridgehead atoms. The van der Waals surface area contributed by atoms with Crippen LogP contribution in [0.5, 0.6) is 11.5 Å². The highest BCUT2D eigenvalue weighted by Gasteiger charge is 2.55. The second-order valence-corrected chi connectivity index (χ2v) is 14.3. The summed E-state index contributed by atoms with van der Waals surface area (Å²) < 4.78 is 11.6. The highest BCUT2D eigenvalue weighted by atomic mass is 16.6. The number of benzene rings is 1. The van der Waals surface area contributed by atoms with Crippen LogP contribution in [0.15, 0.2) is 24.0 Å². The Bertz CT molecular complexity index is 1530. The average Bonchev–Trinajstić information content (AvgIpc) is 3.10. The van der Waals surface area contributed by atoms with Crippen molar-refractivity contribution < 1.29 is 43.7 Å². The molecular formula is C36H52N6O9. The quantitative estimate of drug-likeness (QED) is 0.161. The average molecular weight is 713 g/mol. The first kappa shape index (κ1) is 37.9.